The van der Waals surface area contributed by atoms with Gasteiger partial charge in [0, 0.05) is 0 Å². The normalized spacial score (nSPS) is 12.0. The Kier molecular flexibility index (Phi) is 5.91. The largest absolute Gasteiger partial charge is 0.417 e. The molecule has 0 saturated carbocycles. The maximum Gasteiger partial charge on any atom is 0.417 e. The first kappa shape index (κ1) is 19.4. The van der Waals surface area contributed by atoms with E-state index >= 15 is 0 Å². The molecule has 0 atom stereocenters. The van der Waals surface area contributed by atoms with Crippen molar-refractivity contribution in [1.82, 2.24) is 5.32 Å². The monoisotopic (exact) mass is 372 g/mol. The van der Waals surface area contributed by atoms with Crippen LogP contribution in [0, 0.1) is 11.6 Å². The van der Waals surface area contributed by atoms with Gasteiger partial charge in [-0.25, -0.2) is 8.78 Å². The molecule has 9 heteroatoms. The fraction of sp³-hybridized carbons (Fsp3) is 0.176. The molecule has 0 aliphatic heterocycles. The van der Waals surface area contributed by atoms with Crippen LogP contribution >= 0.6 is 0 Å². The van der Waals surface area contributed by atoms with E-state index in [0.29, 0.717) is 17.7 Å². The van der Waals surface area contributed by atoms with Crippen LogP contribution in [0.25, 0.3) is 0 Å². The Morgan fingerprint density at radius 3 is 2.35 bits per heavy atom. The molecule has 2 aromatic carbocycles. The maximum absolute atomic E-state index is 14.1. The fourth-order valence-electron chi connectivity index (χ4n) is 2.20. The van der Waals surface area contributed by atoms with Crippen molar-refractivity contribution in [3.05, 3.63) is 70.8 Å². The van der Waals surface area contributed by atoms with Gasteiger partial charge in [-0.1, -0.05) is 35.5 Å². The Balaban J connectivity index is 2.40. The molecular weight excluding hydrogens is 359 g/mol. The van der Waals surface area contributed by atoms with E-state index in [1.807, 2.05) is 5.32 Å². The van der Waals surface area contributed by atoms with Crippen molar-refractivity contribution in [2.45, 2.75) is 12.6 Å². The lowest BCUT2D eigenvalue weighted by Crippen LogP contribution is -2.35. The van der Waals surface area contributed by atoms with Crippen LogP contribution in [-0.4, -0.2) is 18.9 Å². The van der Waals surface area contributed by atoms with Crippen molar-refractivity contribution in [2.75, 3.05) is 7.11 Å². The van der Waals surface area contributed by atoms with Gasteiger partial charge in [0.25, 0.3) is 0 Å². The number of nitrogens with one attached hydrogen (secondary N) is 1. The van der Waals surface area contributed by atoms with Gasteiger partial charge in [0.15, 0.2) is 17.5 Å². The van der Waals surface area contributed by atoms with Crippen molar-refractivity contribution in [1.29, 1.82) is 0 Å². The molecule has 26 heavy (non-hydrogen) atoms. The highest BCUT2D eigenvalue weighted by molar-refractivity contribution is 6.09. The Morgan fingerprint density at radius 1 is 1.12 bits per heavy atom. The first-order valence-corrected chi connectivity index (χ1v) is 7.24. The molecule has 0 spiro atoms. The lowest BCUT2D eigenvalue weighted by atomic mass is 10.0. The standard InChI is InChI=1S/C17H13F5N2O2/c1-26-24-16(23-13(25)9-10-5-3-2-4-6-10)14-11(17(20,21)22)7-8-12(18)15(14)19/h2-8H,9H2,1H3,(H,23,24,25). The molecule has 2 rings (SSSR count). The van der Waals surface area contributed by atoms with Crippen molar-refractivity contribution in [2.24, 2.45) is 5.16 Å². The molecule has 0 aromatic heterocycles. The third-order valence-electron chi connectivity index (χ3n) is 3.28. The SMILES string of the molecule is CO/N=C(\NC(=O)Cc1ccccc1)c1c(C(F)(F)F)ccc(F)c1F. The predicted octanol–water partition coefficient (Wildman–Crippen LogP) is 3.65. The van der Waals surface area contributed by atoms with E-state index in [1.54, 1.807) is 30.3 Å². The lowest BCUT2D eigenvalue weighted by Gasteiger charge is -2.16. The molecule has 4 nitrogen and oxygen atoms in total. The number of hydrogen-bond donors (Lipinski definition) is 1. The van der Waals surface area contributed by atoms with Gasteiger partial charge in [-0.2, -0.15) is 13.2 Å². The number of benzene rings is 2. The first-order valence-electron chi connectivity index (χ1n) is 7.24. The third kappa shape index (κ3) is 4.56. The van der Waals surface area contributed by atoms with Gasteiger partial charge in [-0.05, 0) is 17.7 Å². The summed E-state index contributed by atoms with van der Waals surface area (Å²) < 4.78 is 67.0. The van der Waals surface area contributed by atoms with Crippen LogP contribution in [0.3, 0.4) is 0 Å². The van der Waals surface area contributed by atoms with E-state index in [0.717, 1.165) is 7.11 Å². The quantitative estimate of drug-likeness (QED) is 0.386. The maximum atomic E-state index is 14.1. The lowest BCUT2D eigenvalue weighted by molar-refractivity contribution is -0.138. The van der Waals surface area contributed by atoms with Crippen LogP contribution in [0.5, 0.6) is 0 Å². The number of carbonyl (C=O) groups is 1. The average molecular weight is 372 g/mol. The number of halogens is 5. The highest BCUT2D eigenvalue weighted by Crippen LogP contribution is 2.34. The molecule has 0 bridgehead atoms. The van der Waals surface area contributed by atoms with E-state index in [4.69, 9.17) is 0 Å². The molecule has 2 aromatic rings. The second kappa shape index (κ2) is 7.94. The minimum atomic E-state index is -5.00. The third-order valence-corrected chi connectivity index (χ3v) is 3.28. The molecule has 1 amide bonds. The summed E-state index contributed by atoms with van der Waals surface area (Å²) >= 11 is 0. The second-order valence-electron chi connectivity index (χ2n) is 5.11. The molecule has 0 aliphatic carbocycles. The summed E-state index contributed by atoms with van der Waals surface area (Å²) in [5, 5.41) is 5.27. The molecule has 1 N–H and O–H groups in total. The van der Waals surface area contributed by atoms with Crippen LogP contribution in [0.2, 0.25) is 0 Å². The fourth-order valence-corrected chi connectivity index (χ4v) is 2.20. The zero-order valence-corrected chi connectivity index (χ0v) is 13.4. The second-order valence-corrected chi connectivity index (χ2v) is 5.11. The number of amides is 1. The average Bonchev–Trinajstić information content (AvgIpc) is 2.56. The summed E-state index contributed by atoms with van der Waals surface area (Å²) in [4.78, 5) is 16.5. The molecule has 0 saturated heterocycles. The van der Waals surface area contributed by atoms with Crippen molar-refractivity contribution in [3.8, 4) is 0 Å². The Morgan fingerprint density at radius 2 is 1.77 bits per heavy atom. The Hall–Kier alpha value is -2.97. The number of hydrogen-bond acceptors (Lipinski definition) is 3. The number of amidine groups is 1. The molecule has 0 aliphatic rings. The van der Waals surface area contributed by atoms with Crippen LogP contribution in [-0.2, 0) is 22.2 Å². The summed E-state index contributed by atoms with van der Waals surface area (Å²) in [6.45, 7) is 0. The molecule has 0 radical (unpaired) electrons. The molecule has 0 heterocycles. The Labute approximate surface area is 145 Å². The minimum Gasteiger partial charge on any atom is -0.397 e. The highest BCUT2D eigenvalue weighted by Gasteiger charge is 2.37. The van der Waals surface area contributed by atoms with Gasteiger partial charge in [0.1, 0.15) is 7.11 Å². The molecule has 0 fully saturated rings. The zero-order valence-electron chi connectivity index (χ0n) is 13.4. The van der Waals surface area contributed by atoms with Crippen LogP contribution < -0.4 is 5.32 Å². The van der Waals surface area contributed by atoms with Gasteiger partial charge >= 0.3 is 6.18 Å². The summed E-state index contributed by atoms with van der Waals surface area (Å²) in [5.41, 5.74) is -2.16. The van der Waals surface area contributed by atoms with Crippen LogP contribution in [0.15, 0.2) is 47.6 Å². The van der Waals surface area contributed by atoms with Crippen molar-refractivity contribution < 1.29 is 31.6 Å². The van der Waals surface area contributed by atoms with Crippen molar-refractivity contribution >= 4 is 11.7 Å². The predicted molar refractivity (Wildman–Crippen MR) is 83.2 cm³/mol. The van der Waals surface area contributed by atoms with Gasteiger partial charge in [0.2, 0.25) is 5.91 Å². The summed E-state index contributed by atoms with van der Waals surface area (Å²) in [6.07, 6.45) is -5.20. The summed E-state index contributed by atoms with van der Waals surface area (Å²) in [6, 6.07) is 9.01. The van der Waals surface area contributed by atoms with Crippen LogP contribution in [0.1, 0.15) is 16.7 Å². The van der Waals surface area contributed by atoms with Gasteiger partial charge in [-0.3, -0.25) is 4.79 Å². The van der Waals surface area contributed by atoms with Gasteiger partial charge in [-0.15, -0.1) is 0 Å². The van der Waals surface area contributed by atoms with E-state index in [-0.39, 0.29) is 6.42 Å². The van der Waals surface area contributed by atoms with Crippen LogP contribution in [0.4, 0.5) is 22.0 Å². The van der Waals surface area contributed by atoms with E-state index < -0.39 is 40.7 Å². The van der Waals surface area contributed by atoms with Crippen molar-refractivity contribution in [3.63, 3.8) is 0 Å². The molecular formula is C17H13F5N2O2. The Bertz CT molecular complexity index is 820. The summed E-state index contributed by atoms with van der Waals surface area (Å²) in [7, 11) is 0.994. The zero-order chi connectivity index (χ0) is 19.3. The summed E-state index contributed by atoms with van der Waals surface area (Å²) in [5.74, 6) is -4.97. The van der Waals surface area contributed by atoms with E-state index in [1.165, 1.54) is 0 Å². The van der Waals surface area contributed by atoms with Gasteiger partial charge in [0.05, 0.1) is 17.5 Å². The molecule has 138 valence electrons. The number of carbonyl (C=O) groups excluding carboxylic acids is 1. The number of nitrogens with zero attached hydrogens (tertiary/aromatic N) is 1. The van der Waals surface area contributed by atoms with Gasteiger partial charge < -0.3 is 10.2 Å². The molecule has 0 unspecified atom stereocenters. The number of rotatable bonds is 4. The highest BCUT2D eigenvalue weighted by atomic mass is 19.4. The van der Waals surface area contributed by atoms with E-state index in [9.17, 15) is 26.7 Å². The van der Waals surface area contributed by atoms with E-state index in [2.05, 4.69) is 9.99 Å². The number of alkyl halides is 3. The first-order chi connectivity index (χ1) is 12.2. The smallest absolute Gasteiger partial charge is 0.397 e. The number of oxime groups is 1. The topological polar surface area (TPSA) is 50.7 Å². The minimum absolute atomic E-state index is 0.206.